The molecule has 5 rings (SSSR count). The molecule has 2 aromatic carbocycles. The van der Waals surface area contributed by atoms with Gasteiger partial charge in [0.15, 0.2) is 5.49 Å². The normalized spacial score (nSPS) is 11.7. The van der Waals surface area contributed by atoms with E-state index < -0.39 is 11.9 Å². The third kappa shape index (κ3) is 4.86. The molecule has 0 fully saturated rings. The summed E-state index contributed by atoms with van der Waals surface area (Å²) in [6.45, 7) is 2.07. The molecule has 3 aromatic heterocycles. The van der Waals surface area contributed by atoms with Gasteiger partial charge in [-0.2, -0.15) is 4.99 Å². The zero-order valence-corrected chi connectivity index (χ0v) is 21.3. The maximum Gasteiger partial charge on any atom is 0.341 e. The second kappa shape index (κ2) is 10.8. The molecular formula is C29H23ClN4O4. The van der Waals surface area contributed by atoms with Crippen molar-refractivity contribution in [1.29, 1.82) is 0 Å². The molecule has 0 bridgehead atoms. The van der Waals surface area contributed by atoms with Gasteiger partial charge < -0.3 is 9.30 Å². The Kier molecular flexibility index (Phi) is 7.15. The van der Waals surface area contributed by atoms with Crippen LogP contribution >= 0.6 is 11.6 Å². The van der Waals surface area contributed by atoms with Crippen molar-refractivity contribution in [1.82, 2.24) is 14.0 Å². The summed E-state index contributed by atoms with van der Waals surface area (Å²) in [5.41, 5.74) is 1.61. The predicted molar refractivity (Wildman–Crippen MR) is 144 cm³/mol. The van der Waals surface area contributed by atoms with Gasteiger partial charge in [-0.05, 0) is 49.2 Å². The van der Waals surface area contributed by atoms with Crippen LogP contribution in [0.4, 0.5) is 0 Å². The van der Waals surface area contributed by atoms with Crippen LogP contribution in [0, 0.1) is 0 Å². The number of amides is 1. The lowest BCUT2D eigenvalue weighted by atomic mass is 10.1. The smallest absolute Gasteiger partial charge is 0.341 e. The summed E-state index contributed by atoms with van der Waals surface area (Å²) >= 11 is 6.26. The van der Waals surface area contributed by atoms with Crippen LogP contribution in [0.5, 0.6) is 0 Å². The van der Waals surface area contributed by atoms with Crippen LogP contribution in [0.3, 0.4) is 0 Å². The Morgan fingerprint density at radius 1 is 0.974 bits per heavy atom. The van der Waals surface area contributed by atoms with E-state index in [9.17, 15) is 14.4 Å². The summed E-state index contributed by atoms with van der Waals surface area (Å²) in [5.74, 6) is -1.34. The van der Waals surface area contributed by atoms with Crippen molar-refractivity contribution in [2.24, 2.45) is 4.99 Å². The Labute approximate surface area is 222 Å². The van der Waals surface area contributed by atoms with Crippen LogP contribution in [-0.2, 0) is 17.7 Å². The summed E-state index contributed by atoms with van der Waals surface area (Å²) < 4.78 is 8.34. The van der Waals surface area contributed by atoms with Crippen molar-refractivity contribution in [2.45, 2.75) is 19.9 Å². The molecule has 0 aliphatic carbocycles. The van der Waals surface area contributed by atoms with E-state index in [-0.39, 0.29) is 45.7 Å². The van der Waals surface area contributed by atoms with E-state index in [1.54, 1.807) is 60.2 Å². The van der Waals surface area contributed by atoms with Gasteiger partial charge in [0.2, 0.25) is 0 Å². The van der Waals surface area contributed by atoms with E-state index in [2.05, 4.69) is 4.99 Å². The highest BCUT2D eigenvalue weighted by Crippen LogP contribution is 2.17. The van der Waals surface area contributed by atoms with Crippen LogP contribution in [0.15, 0.2) is 94.8 Å². The number of carbonyl (C=O) groups excluding carboxylic acids is 2. The molecule has 1 amide bonds. The fourth-order valence-corrected chi connectivity index (χ4v) is 4.46. The van der Waals surface area contributed by atoms with Crippen molar-refractivity contribution in [3.8, 4) is 0 Å². The molecule has 8 nitrogen and oxygen atoms in total. The fourth-order valence-electron chi connectivity index (χ4n) is 4.25. The molecule has 9 heteroatoms. The Balaban J connectivity index is 1.85. The standard InChI is InChI=1S/C29H23ClN4O4/c1-2-38-29(37)22-18-21-25(31-24-14-8-9-16-33(24)28(21)36)34(17-15-19-10-4-3-5-11-19)26(22)32-27(35)20-12-6-7-13-23(20)30/h3-14,16,18H,2,15,17H2,1H3. The van der Waals surface area contributed by atoms with Crippen molar-refractivity contribution in [3.05, 3.63) is 123 Å². The molecule has 0 unspecified atom stereocenters. The molecule has 190 valence electrons. The number of pyridine rings is 2. The summed E-state index contributed by atoms with van der Waals surface area (Å²) in [6, 6.07) is 22.9. The fraction of sp³-hybridized carbons (Fsp3) is 0.138. The molecule has 3 heterocycles. The minimum absolute atomic E-state index is 0.0115. The largest absolute Gasteiger partial charge is 0.462 e. The lowest BCUT2D eigenvalue weighted by Crippen LogP contribution is -2.33. The number of hydrogen-bond donors (Lipinski definition) is 0. The predicted octanol–water partition coefficient (Wildman–Crippen LogP) is 4.46. The van der Waals surface area contributed by atoms with E-state index in [1.165, 1.54) is 10.5 Å². The lowest BCUT2D eigenvalue weighted by molar-refractivity contribution is 0.0523. The van der Waals surface area contributed by atoms with Gasteiger partial charge in [-0.3, -0.25) is 14.0 Å². The Hall–Kier alpha value is -4.56. The van der Waals surface area contributed by atoms with Gasteiger partial charge in [0, 0.05) is 12.7 Å². The number of carbonyl (C=O) groups is 2. The third-order valence-electron chi connectivity index (χ3n) is 6.06. The highest BCUT2D eigenvalue weighted by molar-refractivity contribution is 6.33. The van der Waals surface area contributed by atoms with Gasteiger partial charge >= 0.3 is 5.97 Å². The third-order valence-corrected chi connectivity index (χ3v) is 6.39. The van der Waals surface area contributed by atoms with Gasteiger partial charge in [0.05, 0.1) is 22.6 Å². The Morgan fingerprint density at radius 2 is 1.71 bits per heavy atom. The number of nitrogens with zero attached hydrogens (tertiary/aromatic N) is 4. The average molecular weight is 527 g/mol. The quantitative estimate of drug-likeness (QED) is 0.240. The second-order valence-electron chi connectivity index (χ2n) is 8.47. The van der Waals surface area contributed by atoms with E-state index in [4.69, 9.17) is 21.3 Å². The average Bonchev–Trinajstić information content (AvgIpc) is 2.93. The first kappa shape index (κ1) is 25.1. The van der Waals surface area contributed by atoms with E-state index in [1.807, 2.05) is 30.3 Å². The van der Waals surface area contributed by atoms with Crippen LogP contribution in [-0.4, -0.2) is 32.4 Å². The molecule has 0 saturated heterocycles. The number of ether oxygens (including phenoxy) is 1. The monoisotopic (exact) mass is 526 g/mol. The number of fused-ring (bicyclic) bond motifs is 2. The summed E-state index contributed by atoms with van der Waals surface area (Å²) in [5, 5.41) is 0.437. The van der Waals surface area contributed by atoms with Gasteiger partial charge in [-0.15, -0.1) is 0 Å². The number of halogens is 1. The highest BCUT2D eigenvalue weighted by Gasteiger charge is 2.21. The number of hydrogen-bond acceptors (Lipinski definition) is 5. The number of benzene rings is 2. The molecule has 0 radical (unpaired) electrons. The Bertz CT molecular complexity index is 1810. The molecule has 0 aliphatic heterocycles. The van der Waals surface area contributed by atoms with Crippen LogP contribution in [0.1, 0.15) is 33.2 Å². The molecule has 0 saturated carbocycles. The van der Waals surface area contributed by atoms with Crippen molar-refractivity contribution >= 4 is 40.2 Å². The molecule has 38 heavy (non-hydrogen) atoms. The molecule has 0 N–H and O–H groups in total. The van der Waals surface area contributed by atoms with E-state index in [0.29, 0.717) is 17.7 Å². The van der Waals surface area contributed by atoms with E-state index >= 15 is 0 Å². The summed E-state index contributed by atoms with van der Waals surface area (Å²) in [4.78, 5) is 49.0. The highest BCUT2D eigenvalue weighted by atomic mass is 35.5. The number of aryl methyl sites for hydroxylation is 2. The number of aromatic nitrogens is 3. The van der Waals surface area contributed by atoms with Crippen LogP contribution < -0.4 is 11.0 Å². The van der Waals surface area contributed by atoms with Crippen molar-refractivity contribution in [3.63, 3.8) is 0 Å². The molecular weight excluding hydrogens is 504 g/mol. The van der Waals surface area contributed by atoms with Gasteiger partial charge in [0.25, 0.3) is 11.5 Å². The first-order valence-corrected chi connectivity index (χ1v) is 12.5. The first-order valence-electron chi connectivity index (χ1n) is 12.1. The molecule has 0 aliphatic rings. The zero-order valence-electron chi connectivity index (χ0n) is 20.5. The topological polar surface area (TPSA) is 95.0 Å². The maximum atomic E-state index is 13.5. The van der Waals surface area contributed by atoms with Crippen LogP contribution in [0.2, 0.25) is 5.02 Å². The van der Waals surface area contributed by atoms with Gasteiger partial charge in [-0.25, -0.2) is 9.78 Å². The van der Waals surface area contributed by atoms with Gasteiger partial charge in [0.1, 0.15) is 16.9 Å². The Morgan fingerprint density at radius 3 is 2.47 bits per heavy atom. The number of rotatable bonds is 6. The minimum atomic E-state index is -0.703. The molecule has 5 aromatic rings. The summed E-state index contributed by atoms with van der Waals surface area (Å²) in [6.07, 6.45) is 2.15. The van der Waals surface area contributed by atoms with Gasteiger partial charge in [-0.1, -0.05) is 60.1 Å². The second-order valence-corrected chi connectivity index (χ2v) is 8.88. The van der Waals surface area contributed by atoms with Crippen LogP contribution in [0.25, 0.3) is 16.7 Å². The van der Waals surface area contributed by atoms with Crippen molar-refractivity contribution in [2.75, 3.05) is 6.61 Å². The first-order chi connectivity index (χ1) is 18.5. The number of esters is 1. The SMILES string of the molecule is CCOC(=O)c1cc2c(=O)n3ccccc3nc2n(CCc2ccccc2)c1=NC(=O)c1ccccc1Cl. The summed E-state index contributed by atoms with van der Waals surface area (Å²) in [7, 11) is 0. The van der Waals surface area contributed by atoms with E-state index in [0.717, 1.165) is 5.56 Å². The zero-order chi connectivity index (χ0) is 26.6. The minimum Gasteiger partial charge on any atom is -0.462 e. The van der Waals surface area contributed by atoms with Crippen molar-refractivity contribution < 1.29 is 14.3 Å². The molecule has 0 spiro atoms. The maximum absolute atomic E-state index is 13.5. The molecule has 0 atom stereocenters. The lowest BCUT2D eigenvalue weighted by Gasteiger charge is -2.15.